The molecule has 2 unspecified atom stereocenters. The van der Waals surface area contributed by atoms with Gasteiger partial charge in [0, 0.05) is 12.6 Å². The van der Waals surface area contributed by atoms with Gasteiger partial charge in [0.1, 0.15) is 0 Å². The maximum absolute atomic E-state index is 12.1. The van der Waals surface area contributed by atoms with E-state index in [0.717, 1.165) is 24.9 Å². The number of hydrogen-bond donors (Lipinski definition) is 2. The van der Waals surface area contributed by atoms with Crippen molar-refractivity contribution < 1.29 is 4.79 Å². The Morgan fingerprint density at radius 2 is 2.10 bits per heavy atom. The van der Waals surface area contributed by atoms with E-state index < -0.39 is 0 Å². The first-order chi connectivity index (χ1) is 9.54. The van der Waals surface area contributed by atoms with E-state index in [-0.39, 0.29) is 18.3 Å². The maximum Gasteiger partial charge on any atom is 0.224 e. The van der Waals surface area contributed by atoms with Gasteiger partial charge in [-0.25, -0.2) is 0 Å². The smallest absolute Gasteiger partial charge is 0.224 e. The molecule has 1 aromatic carbocycles. The van der Waals surface area contributed by atoms with E-state index in [1.807, 2.05) is 0 Å². The van der Waals surface area contributed by atoms with Crippen LogP contribution in [0, 0.1) is 19.8 Å². The van der Waals surface area contributed by atoms with Gasteiger partial charge in [0.15, 0.2) is 0 Å². The minimum Gasteiger partial charge on any atom is -0.356 e. The molecule has 3 nitrogen and oxygen atoms in total. The zero-order chi connectivity index (χ0) is 14.5. The number of halogens is 1. The minimum atomic E-state index is 0. The molecule has 1 amide bonds. The summed E-state index contributed by atoms with van der Waals surface area (Å²) in [5.41, 5.74) is 9.50. The van der Waals surface area contributed by atoms with Crippen molar-refractivity contribution in [2.45, 2.75) is 52.0 Å². The summed E-state index contributed by atoms with van der Waals surface area (Å²) in [6.07, 6.45) is 5.04. The standard InChI is InChI=1S/C17H26N2O.ClH/c1-12-6-7-13(2)15(8-12)10-17(20)19-11-14-4-3-5-16(18)9-14;/h6-8,14,16H,3-5,9-11,18H2,1-2H3,(H,19,20);1H. The third kappa shape index (κ3) is 5.68. The van der Waals surface area contributed by atoms with E-state index in [1.165, 1.54) is 24.0 Å². The number of aryl methyl sites for hydroxylation is 2. The van der Waals surface area contributed by atoms with Crippen molar-refractivity contribution in [2.75, 3.05) is 6.54 Å². The van der Waals surface area contributed by atoms with Crippen LogP contribution in [0.4, 0.5) is 0 Å². The van der Waals surface area contributed by atoms with Crippen LogP contribution in [0.3, 0.4) is 0 Å². The monoisotopic (exact) mass is 310 g/mol. The Morgan fingerprint density at radius 1 is 1.33 bits per heavy atom. The van der Waals surface area contributed by atoms with Crippen LogP contribution in [0.1, 0.15) is 42.4 Å². The fourth-order valence-corrected chi connectivity index (χ4v) is 3.00. The Labute approximate surface area is 134 Å². The van der Waals surface area contributed by atoms with Crippen LogP contribution in [0.15, 0.2) is 18.2 Å². The summed E-state index contributed by atoms with van der Waals surface area (Å²) < 4.78 is 0. The van der Waals surface area contributed by atoms with Crippen LogP contribution in [-0.2, 0) is 11.2 Å². The lowest BCUT2D eigenvalue weighted by Gasteiger charge is -2.26. The highest BCUT2D eigenvalue weighted by molar-refractivity contribution is 5.85. The van der Waals surface area contributed by atoms with E-state index in [2.05, 4.69) is 37.4 Å². The van der Waals surface area contributed by atoms with E-state index in [9.17, 15) is 4.79 Å². The van der Waals surface area contributed by atoms with Crippen molar-refractivity contribution in [1.29, 1.82) is 0 Å². The molecule has 3 N–H and O–H groups in total. The quantitative estimate of drug-likeness (QED) is 0.898. The molecule has 21 heavy (non-hydrogen) atoms. The van der Waals surface area contributed by atoms with Crippen molar-refractivity contribution in [1.82, 2.24) is 5.32 Å². The van der Waals surface area contributed by atoms with Gasteiger partial charge in [0.25, 0.3) is 0 Å². The van der Waals surface area contributed by atoms with Gasteiger partial charge in [-0.05, 0) is 50.2 Å². The van der Waals surface area contributed by atoms with Crippen LogP contribution < -0.4 is 11.1 Å². The number of rotatable bonds is 4. The summed E-state index contributed by atoms with van der Waals surface area (Å²) in [5.74, 6) is 0.680. The lowest BCUT2D eigenvalue weighted by Crippen LogP contribution is -2.36. The molecule has 1 aliphatic rings. The third-order valence-corrected chi connectivity index (χ3v) is 4.27. The van der Waals surface area contributed by atoms with Crippen molar-refractivity contribution in [3.8, 4) is 0 Å². The number of benzene rings is 1. The molecule has 1 fully saturated rings. The molecule has 0 bridgehead atoms. The van der Waals surface area contributed by atoms with Gasteiger partial charge in [-0.3, -0.25) is 4.79 Å². The number of hydrogen-bond acceptors (Lipinski definition) is 2. The third-order valence-electron chi connectivity index (χ3n) is 4.27. The van der Waals surface area contributed by atoms with E-state index in [0.29, 0.717) is 18.4 Å². The Morgan fingerprint density at radius 3 is 2.81 bits per heavy atom. The summed E-state index contributed by atoms with van der Waals surface area (Å²) in [4.78, 5) is 12.1. The Balaban J connectivity index is 0.00000220. The number of nitrogens with one attached hydrogen (secondary N) is 1. The first kappa shape index (κ1) is 18.0. The fourth-order valence-electron chi connectivity index (χ4n) is 3.00. The zero-order valence-electron chi connectivity index (χ0n) is 13.0. The molecule has 1 aliphatic carbocycles. The van der Waals surface area contributed by atoms with Gasteiger partial charge in [-0.2, -0.15) is 0 Å². The van der Waals surface area contributed by atoms with Crippen LogP contribution in [0.2, 0.25) is 0 Å². The molecule has 1 saturated carbocycles. The predicted octanol–water partition coefficient (Wildman–Crippen LogP) is 2.90. The molecular formula is C17H27ClN2O. The van der Waals surface area contributed by atoms with E-state index in [4.69, 9.17) is 5.73 Å². The summed E-state index contributed by atoms with van der Waals surface area (Å²) in [5, 5.41) is 3.07. The molecular weight excluding hydrogens is 284 g/mol. The number of nitrogens with two attached hydrogens (primary N) is 1. The van der Waals surface area contributed by atoms with E-state index >= 15 is 0 Å². The number of amides is 1. The van der Waals surface area contributed by atoms with Gasteiger partial charge in [-0.1, -0.05) is 30.2 Å². The molecule has 4 heteroatoms. The summed E-state index contributed by atoms with van der Waals surface area (Å²) in [6, 6.07) is 6.59. The molecule has 1 aromatic rings. The lowest BCUT2D eigenvalue weighted by molar-refractivity contribution is -0.120. The predicted molar refractivity (Wildman–Crippen MR) is 89.8 cm³/mol. The summed E-state index contributed by atoms with van der Waals surface area (Å²) in [7, 11) is 0. The number of carbonyl (C=O) groups is 1. The second kappa shape index (κ2) is 8.40. The van der Waals surface area contributed by atoms with Crippen molar-refractivity contribution >= 4 is 18.3 Å². The second-order valence-electron chi connectivity index (χ2n) is 6.20. The van der Waals surface area contributed by atoms with Crippen molar-refractivity contribution in [3.05, 3.63) is 34.9 Å². The van der Waals surface area contributed by atoms with Gasteiger partial charge < -0.3 is 11.1 Å². The largest absolute Gasteiger partial charge is 0.356 e. The molecule has 118 valence electrons. The molecule has 0 saturated heterocycles. The van der Waals surface area contributed by atoms with Gasteiger partial charge in [0.05, 0.1) is 6.42 Å². The highest BCUT2D eigenvalue weighted by atomic mass is 35.5. The molecule has 2 atom stereocenters. The molecule has 0 spiro atoms. The first-order valence-corrected chi connectivity index (χ1v) is 7.63. The highest BCUT2D eigenvalue weighted by Crippen LogP contribution is 2.22. The average molecular weight is 311 g/mol. The highest BCUT2D eigenvalue weighted by Gasteiger charge is 2.19. The van der Waals surface area contributed by atoms with Gasteiger partial charge in [-0.15, -0.1) is 12.4 Å². The Bertz CT molecular complexity index is 476. The average Bonchev–Trinajstić information content (AvgIpc) is 2.41. The fraction of sp³-hybridized carbons (Fsp3) is 0.588. The molecule has 2 rings (SSSR count). The first-order valence-electron chi connectivity index (χ1n) is 7.63. The van der Waals surface area contributed by atoms with Crippen molar-refractivity contribution in [2.24, 2.45) is 11.7 Å². The number of carbonyl (C=O) groups excluding carboxylic acids is 1. The maximum atomic E-state index is 12.1. The van der Waals surface area contributed by atoms with Gasteiger partial charge in [0.2, 0.25) is 5.91 Å². The van der Waals surface area contributed by atoms with Crippen LogP contribution in [0.25, 0.3) is 0 Å². The SMILES string of the molecule is Cc1ccc(C)c(CC(=O)NCC2CCCC(N)C2)c1.Cl. The molecule has 0 aliphatic heterocycles. The zero-order valence-corrected chi connectivity index (χ0v) is 13.8. The molecule has 0 heterocycles. The summed E-state index contributed by atoms with van der Waals surface area (Å²) >= 11 is 0. The van der Waals surface area contributed by atoms with Gasteiger partial charge >= 0.3 is 0 Å². The topological polar surface area (TPSA) is 55.1 Å². The molecule has 0 aromatic heterocycles. The Hall–Kier alpha value is -1.06. The Kier molecular flexibility index (Phi) is 7.20. The van der Waals surface area contributed by atoms with Crippen LogP contribution >= 0.6 is 12.4 Å². The summed E-state index contributed by atoms with van der Waals surface area (Å²) in [6.45, 7) is 4.89. The normalized spacial score (nSPS) is 21.5. The van der Waals surface area contributed by atoms with Crippen molar-refractivity contribution in [3.63, 3.8) is 0 Å². The lowest BCUT2D eigenvalue weighted by atomic mass is 9.86. The van der Waals surface area contributed by atoms with Crippen LogP contribution in [-0.4, -0.2) is 18.5 Å². The molecule has 0 radical (unpaired) electrons. The second-order valence-corrected chi connectivity index (χ2v) is 6.20. The van der Waals surface area contributed by atoms with E-state index in [1.54, 1.807) is 0 Å². The van der Waals surface area contributed by atoms with Crippen LogP contribution in [0.5, 0.6) is 0 Å². The minimum absolute atomic E-state index is 0.